The van der Waals surface area contributed by atoms with Gasteiger partial charge in [-0.2, -0.15) is 0 Å². The van der Waals surface area contributed by atoms with E-state index >= 15 is 0 Å². The second kappa shape index (κ2) is 4.47. The Kier molecular flexibility index (Phi) is 3.06. The lowest BCUT2D eigenvalue weighted by Gasteiger charge is -2.26. The van der Waals surface area contributed by atoms with Crippen molar-refractivity contribution < 1.29 is 0 Å². The molecule has 0 atom stereocenters. The van der Waals surface area contributed by atoms with Crippen molar-refractivity contribution in [2.45, 2.75) is 58.8 Å². The van der Waals surface area contributed by atoms with E-state index < -0.39 is 0 Å². The molecule has 0 N–H and O–H groups in total. The summed E-state index contributed by atoms with van der Waals surface area (Å²) in [5.74, 6) is 0. The molecule has 2 aromatic rings. The monoisotopic (exact) mass is 278 g/mol. The molecule has 0 amide bonds. The van der Waals surface area contributed by atoms with E-state index in [4.69, 9.17) is 0 Å². The first-order valence-electron chi connectivity index (χ1n) is 7.94. The highest BCUT2D eigenvalue weighted by atomic mass is 14.3. The van der Waals surface area contributed by atoms with Gasteiger partial charge in [0.1, 0.15) is 0 Å². The van der Waals surface area contributed by atoms with Crippen LogP contribution in [0.4, 0.5) is 0 Å². The fourth-order valence-electron chi connectivity index (χ4n) is 3.11. The van der Waals surface area contributed by atoms with Gasteiger partial charge in [-0.25, -0.2) is 0 Å². The van der Waals surface area contributed by atoms with Gasteiger partial charge in [-0.15, -0.1) is 0 Å². The van der Waals surface area contributed by atoms with Crippen molar-refractivity contribution in [2.75, 3.05) is 0 Å². The van der Waals surface area contributed by atoms with Gasteiger partial charge in [0.15, 0.2) is 0 Å². The van der Waals surface area contributed by atoms with Gasteiger partial charge < -0.3 is 0 Å². The van der Waals surface area contributed by atoms with Crippen molar-refractivity contribution >= 4 is 16.8 Å². The first-order valence-corrected chi connectivity index (χ1v) is 7.94. The highest BCUT2D eigenvalue weighted by Gasteiger charge is 2.21. The Labute approximate surface area is 128 Å². The summed E-state index contributed by atoms with van der Waals surface area (Å²) >= 11 is 0. The van der Waals surface area contributed by atoms with Crippen molar-refractivity contribution in [1.82, 2.24) is 0 Å². The number of rotatable bonds is 0. The third-order valence-corrected chi connectivity index (χ3v) is 4.53. The molecule has 0 nitrogen and oxygen atoms in total. The first-order chi connectivity index (χ1) is 9.66. The fraction of sp³-hybridized carbons (Fsp3) is 0.429. The normalized spacial score (nSPS) is 14.8. The maximum atomic E-state index is 2.41. The van der Waals surface area contributed by atoms with Crippen molar-refractivity contribution in [3.05, 3.63) is 52.6 Å². The minimum atomic E-state index is 0.188. The van der Waals surface area contributed by atoms with Crippen LogP contribution >= 0.6 is 0 Å². The van der Waals surface area contributed by atoms with E-state index in [2.05, 4.69) is 78.0 Å². The molecule has 0 aromatic heterocycles. The van der Waals surface area contributed by atoms with Gasteiger partial charge in [0.2, 0.25) is 0 Å². The highest BCUT2D eigenvalue weighted by Crippen LogP contribution is 2.37. The third-order valence-electron chi connectivity index (χ3n) is 4.53. The number of allylic oxidation sites excluding steroid dienone is 1. The van der Waals surface area contributed by atoms with Gasteiger partial charge in [-0.05, 0) is 50.3 Å². The molecule has 3 rings (SSSR count). The summed E-state index contributed by atoms with van der Waals surface area (Å²) in [4.78, 5) is 0. The van der Waals surface area contributed by atoms with Crippen LogP contribution in [-0.2, 0) is 17.3 Å². The fourth-order valence-corrected chi connectivity index (χ4v) is 3.11. The highest BCUT2D eigenvalue weighted by molar-refractivity contribution is 5.96. The summed E-state index contributed by atoms with van der Waals surface area (Å²) in [6, 6.07) is 9.58. The molecular formula is C21H26. The molecule has 0 fully saturated rings. The largest absolute Gasteiger partial charge is 0.0795 e. The zero-order chi connectivity index (χ0) is 15.4. The SMILES string of the molecule is CC(C)(C)c1cc2c3c(cc(C(C)(C)C)cc3c1)CC=C2. The molecule has 1 aliphatic carbocycles. The maximum Gasteiger partial charge on any atom is -0.00759 e. The summed E-state index contributed by atoms with van der Waals surface area (Å²) in [6.45, 7) is 13.8. The van der Waals surface area contributed by atoms with E-state index in [1.54, 1.807) is 0 Å². The van der Waals surface area contributed by atoms with E-state index in [-0.39, 0.29) is 10.8 Å². The molecule has 0 aliphatic heterocycles. The predicted molar refractivity (Wildman–Crippen MR) is 94.1 cm³/mol. The van der Waals surface area contributed by atoms with Crippen LogP contribution in [0.2, 0.25) is 0 Å². The quantitative estimate of drug-likeness (QED) is 0.554. The second-order valence-electron chi connectivity index (χ2n) is 8.41. The number of hydrogen-bond acceptors (Lipinski definition) is 0. The van der Waals surface area contributed by atoms with Crippen LogP contribution in [0.25, 0.3) is 16.8 Å². The number of benzene rings is 2. The summed E-state index contributed by atoms with van der Waals surface area (Å²) in [5.41, 5.74) is 6.12. The van der Waals surface area contributed by atoms with Crippen molar-refractivity contribution in [2.24, 2.45) is 0 Å². The first kappa shape index (κ1) is 14.4. The summed E-state index contributed by atoms with van der Waals surface area (Å²) < 4.78 is 0. The van der Waals surface area contributed by atoms with Crippen LogP contribution in [0.1, 0.15) is 63.8 Å². The molecule has 0 spiro atoms. The molecule has 0 unspecified atom stereocenters. The Morgan fingerprint density at radius 2 is 1.33 bits per heavy atom. The zero-order valence-electron chi connectivity index (χ0n) is 14.2. The maximum absolute atomic E-state index is 2.41. The van der Waals surface area contributed by atoms with Crippen LogP contribution in [0, 0.1) is 0 Å². The van der Waals surface area contributed by atoms with Crippen LogP contribution in [0.3, 0.4) is 0 Å². The summed E-state index contributed by atoms with van der Waals surface area (Å²) in [6.07, 6.45) is 5.65. The minimum Gasteiger partial charge on any atom is -0.0795 e. The molecule has 0 radical (unpaired) electrons. The lowest BCUT2D eigenvalue weighted by atomic mass is 9.79. The molecule has 0 saturated heterocycles. The third kappa shape index (κ3) is 2.52. The van der Waals surface area contributed by atoms with Gasteiger partial charge in [0.05, 0.1) is 0 Å². The van der Waals surface area contributed by atoms with E-state index in [1.165, 1.54) is 33.0 Å². The predicted octanol–water partition coefficient (Wildman–Crippen LogP) is 6.00. The smallest absolute Gasteiger partial charge is 0.00759 e. The zero-order valence-corrected chi connectivity index (χ0v) is 14.2. The summed E-state index contributed by atoms with van der Waals surface area (Å²) in [7, 11) is 0. The van der Waals surface area contributed by atoms with Crippen LogP contribution in [0.15, 0.2) is 30.3 Å². The summed E-state index contributed by atoms with van der Waals surface area (Å²) in [5, 5.41) is 2.86. The average Bonchev–Trinajstić information content (AvgIpc) is 2.36. The van der Waals surface area contributed by atoms with Gasteiger partial charge in [0.25, 0.3) is 0 Å². The lowest BCUT2D eigenvalue weighted by Crippen LogP contribution is -2.14. The second-order valence-corrected chi connectivity index (χ2v) is 8.41. The van der Waals surface area contributed by atoms with E-state index in [0.29, 0.717) is 0 Å². The van der Waals surface area contributed by atoms with E-state index in [1.807, 2.05) is 0 Å². The van der Waals surface area contributed by atoms with Gasteiger partial charge in [0, 0.05) is 0 Å². The molecule has 2 aromatic carbocycles. The molecule has 0 heterocycles. The van der Waals surface area contributed by atoms with Crippen molar-refractivity contribution in [1.29, 1.82) is 0 Å². The Bertz CT molecular complexity index is 726. The van der Waals surface area contributed by atoms with Crippen LogP contribution in [-0.4, -0.2) is 0 Å². The Balaban J connectivity index is 2.36. The van der Waals surface area contributed by atoms with E-state index in [0.717, 1.165) is 6.42 Å². The molecule has 21 heavy (non-hydrogen) atoms. The van der Waals surface area contributed by atoms with Crippen molar-refractivity contribution in [3.8, 4) is 0 Å². The average molecular weight is 278 g/mol. The topological polar surface area (TPSA) is 0 Å². The van der Waals surface area contributed by atoms with E-state index in [9.17, 15) is 0 Å². The molecule has 0 saturated carbocycles. The Morgan fingerprint density at radius 3 is 1.90 bits per heavy atom. The lowest BCUT2D eigenvalue weighted by molar-refractivity contribution is 0.588. The molecule has 0 heteroatoms. The Hall–Kier alpha value is -1.56. The molecule has 110 valence electrons. The number of hydrogen-bond donors (Lipinski definition) is 0. The molecule has 1 aliphatic rings. The van der Waals surface area contributed by atoms with Gasteiger partial charge in [-0.3, -0.25) is 0 Å². The van der Waals surface area contributed by atoms with Gasteiger partial charge in [-0.1, -0.05) is 78.0 Å². The minimum absolute atomic E-state index is 0.188. The van der Waals surface area contributed by atoms with Crippen LogP contribution < -0.4 is 0 Å². The van der Waals surface area contributed by atoms with Crippen LogP contribution in [0.5, 0.6) is 0 Å². The molecular weight excluding hydrogens is 252 g/mol. The molecule has 0 bridgehead atoms. The Morgan fingerprint density at radius 1 is 0.762 bits per heavy atom. The van der Waals surface area contributed by atoms with Gasteiger partial charge >= 0.3 is 0 Å². The van der Waals surface area contributed by atoms with Crippen molar-refractivity contribution in [3.63, 3.8) is 0 Å². The standard InChI is InChI=1S/C21H26/c1-20(2,3)17-10-14-8-7-9-15-11-18(21(4,5)6)13-16(12-17)19(14)15/h7-8,10-13H,9H2,1-6H3.